The third-order valence-electron chi connectivity index (χ3n) is 5.69. The minimum atomic E-state index is -1.01. The monoisotopic (exact) mass is 558 g/mol. The van der Waals surface area contributed by atoms with Gasteiger partial charge in [0.25, 0.3) is 0 Å². The van der Waals surface area contributed by atoms with Gasteiger partial charge in [-0.2, -0.15) is 0 Å². The average molecular weight is 559 g/mol. The van der Waals surface area contributed by atoms with Crippen LogP contribution in [0.5, 0.6) is 11.5 Å². The summed E-state index contributed by atoms with van der Waals surface area (Å²) in [6, 6.07) is 26.6. The van der Waals surface area contributed by atoms with Crippen LogP contribution in [0.2, 0.25) is 0 Å². The lowest BCUT2D eigenvalue weighted by Crippen LogP contribution is -2.20. The number of hydrogen-bond donors (Lipinski definition) is 3. The SMILES string of the molecule is CC(C)(C)c1ccccc1Oc1ccc(-c2cccc(C(=O)O)c2)cc1NC(=O)Nc1ccc(Br)cc1. The Kier molecular flexibility index (Phi) is 7.64. The molecule has 0 aliphatic heterocycles. The number of urea groups is 1. The molecule has 3 N–H and O–H groups in total. The second kappa shape index (κ2) is 10.9. The van der Waals surface area contributed by atoms with Crippen LogP contribution in [0.15, 0.2) is 95.5 Å². The van der Waals surface area contributed by atoms with Crippen molar-refractivity contribution < 1.29 is 19.4 Å². The second-order valence-electron chi connectivity index (χ2n) is 9.53. The zero-order valence-corrected chi connectivity index (χ0v) is 22.3. The summed E-state index contributed by atoms with van der Waals surface area (Å²) in [5, 5.41) is 15.1. The van der Waals surface area contributed by atoms with Crippen LogP contribution in [0, 0.1) is 0 Å². The van der Waals surface area contributed by atoms with Crippen LogP contribution in [-0.2, 0) is 5.41 Å². The predicted molar refractivity (Wildman–Crippen MR) is 151 cm³/mol. The number of ether oxygens (including phenoxy) is 1. The van der Waals surface area contributed by atoms with Crippen LogP contribution in [0.25, 0.3) is 11.1 Å². The molecule has 0 atom stereocenters. The first-order valence-electron chi connectivity index (χ1n) is 11.7. The van der Waals surface area contributed by atoms with Gasteiger partial charge >= 0.3 is 12.0 Å². The Balaban J connectivity index is 1.71. The molecule has 0 saturated heterocycles. The van der Waals surface area contributed by atoms with Gasteiger partial charge in [-0.25, -0.2) is 9.59 Å². The molecule has 37 heavy (non-hydrogen) atoms. The zero-order chi connectivity index (χ0) is 26.6. The fraction of sp³-hybridized carbons (Fsp3) is 0.133. The van der Waals surface area contributed by atoms with Crippen LogP contribution < -0.4 is 15.4 Å². The van der Waals surface area contributed by atoms with Gasteiger partial charge in [0.05, 0.1) is 11.3 Å². The van der Waals surface area contributed by atoms with E-state index >= 15 is 0 Å². The van der Waals surface area contributed by atoms with Gasteiger partial charge in [0.1, 0.15) is 5.75 Å². The Morgan fingerprint density at radius 2 is 1.49 bits per heavy atom. The van der Waals surface area contributed by atoms with Crippen LogP contribution in [-0.4, -0.2) is 17.1 Å². The number of carboxylic acids is 1. The Hall–Kier alpha value is -4.10. The van der Waals surface area contributed by atoms with Crippen molar-refractivity contribution in [2.75, 3.05) is 10.6 Å². The summed E-state index contributed by atoms with van der Waals surface area (Å²) in [6.07, 6.45) is 0. The highest BCUT2D eigenvalue weighted by Gasteiger charge is 2.20. The lowest BCUT2D eigenvalue weighted by Gasteiger charge is -2.23. The van der Waals surface area contributed by atoms with Crippen molar-refractivity contribution in [1.29, 1.82) is 0 Å². The molecule has 4 rings (SSSR count). The Bertz CT molecular complexity index is 1440. The first-order valence-corrected chi connectivity index (χ1v) is 12.5. The average Bonchev–Trinajstić information content (AvgIpc) is 2.86. The molecule has 0 radical (unpaired) electrons. The smallest absolute Gasteiger partial charge is 0.335 e. The second-order valence-corrected chi connectivity index (χ2v) is 10.4. The largest absolute Gasteiger partial charge is 0.478 e. The minimum Gasteiger partial charge on any atom is -0.478 e. The molecule has 0 spiro atoms. The van der Waals surface area contributed by atoms with Gasteiger partial charge in [-0.1, -0.05) is 73.1 Å². The number of rotatable bonds is 6. The van der Waals surface area contributed by atoms with E-state index in [1.807, 2.05) is 48.5 Å². The maximum Gasteiger partial charge on any atom is 0.335 e. The summed E-state index contributed by atoms with van der Waals surface area (Å²) < 4.78 is 7.25. The molecule has 0 aromatic heterocycles. The number of benzene rings is 4. The summed E-state index contributed by atoms with van der Waals surface area (Å²) in [5.74, 6) is 0.139. The number of carbonyl (C=O) groups excluding carboxylic acids is 1. The van der Waals surface area contributed by atoms with E-state index in [0.29, 0.717) is 28.4 Å². The molecule has 0 saturated carbocycles. The molecule has 188 valence electrons. The topological polar surface area (TPSA) is 87.7 Å². The molecule has 7 heteroatoms. The molecular weight excluding hydrogens is 532 g/mol. The predicted octanol–water partition coefficient (Wildman–Crippen LogP) is 8.55. The Morgan fingerprint density at radius 3 is 2.19 bits per heavy atom. The highest BCUT2D eigenvalue weighted by atomic mass is 79.9. The van der Waals surface area contributed by atoms with Gasteiger partial charge in [0.2, 0.25) is 0 Å². The molecule has 6 nitrogen and oxygen atoms in total. The molecule has 0 heterocycles. The van der Waals surface area contributed by atoms with Crippen molar-refractivity contribution in [3.8, 4) is 22.6 Å². The number of anilines is 2. The van der Waals surface area contributed by atoms with E-state index in [1.54, 1.807) is 36.4 Å². The van der Waals surface area contributed by atoms with E-state index in [-0.39, 0.29) is 11.0 Å². The highest BCUT2D eigenvalue weighted by molar-refractivity contribution is 9.10. The van der Waals surface area contributed by atoms with Gasteiger partial charge in [-0.15, -0.1) is 0 Å². The van der Waals surface area contributed by atoms with Crippen LogP contribution in [0.1, 0.15) is 36.7 Å². The normalized spacial score (nSPS) is 11.0. The van der Waals surface area contributed by atoms with Crippen LogP contribution >= 0.6 is 15.9 Å². The number of hydrogen-bond acceptors (Lipinski definition) is 3. The summed E-state index contributed by atoms with van der Waals surface area (Å²) in [7, 11) is 0. The summed E-state index contributed by atoms with van der Waals surface area (Å²) >= 11 is 3.39. The molecule has 2 amide bonds. The van der Waals surface area contributed by atoms with E-state index in [0.717, 1.165) is 15.6 Å². The lowest BCUT2D eigenvalue weighted by atomic mass is 9.86. The molecule has 4 aromatic rings. The quantitative estimate of drug-likeness (QED) is 0.221. The molecule has 0 aliphatic carbocycles. The van der Waals surface area contributed by atoms with Gasteiger partial charge < -0.3 is 20.5 Å². The van der Waals surface area contributed by atoms with Gasteiger partial charge in [0, 0.05) is 15.7 Å². The van der Waals surface area contributed by atoms with Crippen molar-refractivity contribution in [1.82, 2.24) is 0 Å². The summed E-state index contributed by atoms with van der Waals surface area (Å²) in [5.41, 5.74) is 3.57. The first-order chi connectivity index (χ1) is 17.6. The van der Waals surface area contributed by atoms with E-state index in [1.165, 1.54) is 6.07 Å². The number of aromatic carboxylic acids is 1. The number of amides is 2. The molecule has 0 unspecified atom stereocenters. The van der Waals surface area contributed by atoms with Crippen molar-refractivity contribution >= 4 is 39.3 Å². The number of para-hydroxylation sites is 1. The third-order valence-corrected chi connectivity index (χ3v) is 6.22. The van der Waals surface area contributed by atoms with Crippen molar-refractivity contribution in [3.63, 3.8) is 0 Å². The molecule has 0 bridgehead atoms. The van der Waals surface area contributed by atoms with Crippen molar-refractivity contribution in [2.24, 2.45) is 0 Å². The molecule has 0 fully saturated rings. The fourth-order valence-electron chi connectivity index (χ4n) is 3.84. The van der Waals surface area contributed by atoms with Crippen LogP contribution in [0.3, 0.4) is 0 Å². The Morgan fingerprint density at radius 1 is 0.784 bits per heavy atom. The minimum absolute atomic E-state index is 0.152. The van der Waals surface area contributed by atoms with E-state index in [4.69, 9.17) is 4.74 Å². The number of nitrogens with one attached hydrogen (secondary N) is 2. The van der Waals surface area contributed by atoms with Gasteiger partial charge in [0.15, 0.2) is 5.75 Å². The molecular formula is C30H27BrN2O4. The molecule has 4 aromatic carbocycles. The maximum atomic E-state index is 12.9. The molecule has 0 aliphatic rings. The standard InChI is InChI=1S/C30H27BrN2O4/c1-30(2,3)24-9-4-5-10-26(24)37-27-16-11-20(19-7-6-8-21(17-19)28(34)35)18-25(27)33-29(36)32-23-14-12-22(31)13-15-23/h4-18H,1-3H3,(H,34,35)(H2,32,33,36). The van der Waals surface area contributed by atoms with E-state index < -0.39 is 12.0 Å². The zero-order valence-electron chi connectivity index (χ0n) is 20.7. The fourth-order valence-corrected chi connectivity index (χ4v) is 4.10. The lowest BCUT2D eigenvalue weighted by molar-refractivity contribution is 0.0697. The van der Waals surface area contributed by atoms with Gasteiger partial charge in [-0.3, -0.25) is 0 Å². The highest BCUT2D eigenvalue weighted by Crippen LogP contribution is 2.38. The Labute approximate surface area is 224 Å². The van der Waals surface area contributed by atoms with Crippen molar-refractivity contribution in [3.05, 3.63) is 107 Å². The van der Waals surface area contributed by atoms with E-state index in [9.17, 15) is 14.7 Å². The number of halogens is 1. The van der Waals surface area contributed by atoms with E-state index in [2.05, 4.69) is 47.3 Å². The van der Waals surface area contributed by atoms with Crippen LogP contribution in [0.4, 0.5) is 16.2 Å². The van der Waals surface area contributed by atoms with Gasteiger partial charge in [-0.05, 0) is 71.1 Å². The first kappa shape index (κ1) is 26.0. The number of carbonyl (C=O) groups is 2. The number of carboxylic acid groups (broad SMARTS) is 1. The third kappa shape index (κ3) is 6.57. The van der Waals surface area contributed by atoms with Crippen molar-refractivity contribution in [2.45, 2.75) is 26.2 Å². The summed E-state index contributed by atoms with van der Waals surface area (Å²) in [4.78, 5) is 24.4. The summed E-state index contributed by atoms with van der Waals surface area (Å²) in [6.45, 7) is 6.33. The maximum absolute atomic E-state index is 12.9.